The number of carboxylic acids is 1. The van der Waals surface area contributed by atoms with Crippen molar-refractivity contribution in [3.05, 3.63) is 0 Å². The summed E-state index contributed by atoms with van der Waals surface area (Å²) in [7, 11) is 0. The van der Waals surface area contributed by atoms with Gasteiger partial charge in [0.05, 0.1) is 0 Å². The van der Waals surface area contributed by atoms with Gasteiger partial charge in [-0.1, -0.05) is 20.3 Å². The largest absolute Gasteiger partial charge is 0.481 e. The molecule has 0 atom stereocenters. The summed E-state index contributed by atoms with van der Waals surface area (Å²) in [6.45, 7) is 9.63. The van der Waals surface area contributed by atoms with Gasteiger partial charge in [0.2, 0.25) is 0 Å². The number of piperazine rings is 1. The summed E-state index contributed by atoms with van der Waals surface area (Å²) in [5.74, 6) is -0.0884. The minimum absolute atomic E-state index is 0.0115. The van der Waals surface area contributed by atoms with Gasteiger partial charge in [-0.15, -0.1) is 0 Å². The molecule has 21 heavy (non-hydrogen) atoms. The number of rotatable bonds is 8. The zero-order valence-corrected chi connectivity index (χ0v) is 13.3. The molecule has 1 rings (SSSR count). The van der Waals surface area contributed by atoms with Crippen LogP contribution in [0.2, 0.25) is 0 Å². The second-order valence-corrected chi connectivity index (χ2v) is 6.12. The van der Waals surface area contributed by atoms with E-state index >= 15 is 0 Å². The SMILES string of the molecule is CC(C)CN1CCN(C(=O)NCCCCCC(=O)O)CC1. The Morgan fingerprint density at radius 2 is 1.76 bits per heavy atom. The van der Waals surface area contributed by atoms with E-state index in [1.807, 2.05) is 4.90 Å². The number of urea groups is 1. The summed E-state index contributed by atoms with van der Waals surface area (Å²) in [4.78, 5) is 26.6. The Morgan fingerprint density at radius 1 is 1.10 bits per heavy atom. The van der Waals surface area contributed by atoms with Crippen molar-refractivity contribution < 1.29 is 14.7 Å². The molecule has 6 nitrogen and oxygen atoms in total. The maximum absolute atomic E-state index is 12.0. The van der Waals surface area contributed by atoms with E-state index < -0.39 is 5.97 Å². The third-order valence-electron chi connectivity index (χ3n) is 3.63. The average molecular weight is 299 g/mol. The van der Waals surface area contributed by atoms with Gasteiger partial charge in [-0.05, 0) is 18.8 Å². The molecule has 1 saturated heterocycles. The number of carboxylic acid groups (broad SMARTS) is 1. The third-order valence-corrected chi connectivity index (χ3v) is 3.63. The number of aliphatic carboxylic acids is 1. The van der Waals surface area contributed by atoms with Crippen LogP contribution >= 0.6 is 0 Å². The van der Waals surface area contributed by atoms with Crippen molar-refractivity contribution in [3.8, 4) is 0 Å². The first-order valence-corrected chi connectivity index (χ1v) is 7.96. The minimum Gasteiger partial charge on any atom is -0.481 e. The molecule has 0 spiro atoms. The van der Waals surface area contributed by atoms with Gasteiger partial charge in [0.15, 0.2) is 0 Å². The van der Waals surface area contributed by atoms with Crippen LogP contribution < -0.4 is 5.32 Å². The van der Waals surface area contributed by atoms with E-state index in [0.29, 0.717) is 18.9 Å². The maximum atomic E-state index is 12.0. The lowest BCUT2D eigenvalue weighted by atomic mass is 10.2. The van der Waals surface area contributed by atoms with Gasteiger partial charge in [0.1, 0.15) is 0 Å². The van der Waals surface area contributed by atoms with E-state index in [-0.39, 0.29) is 12.5 Å². The van der Waals surface area contributed by atoms with Crippen LogP contribution in [0.1, 0.15) is 39.5 Å². The number of nitrogens with one attached hydrogen (secondary N) is 1. The standard InChI is InChI=1S/C15H29N3O3/c1-13(2)12-17-8-10-18(11-9-17)15(21)16-7-5-3-4-6-14(19)20/h13H,3-12H2,1-2H3,(H,16,21)(H,19,20). The minimum atomic E-state index is -0.752. The molecule has 0 radical (unpaired) electrons. The molecule has 0 unspecified atom stereocenters. The molecule has 1 aliphatic heterocycles. The molecule has 0 aromatic rings. The molecule has 1 heterocycles. The van der Waals surface area contributed by atoms with Crippen molar-refractivity contribution in [2.45, 2.75) is 39.5 Å². The lowest BCUT2D eigenvalue weighted by Crippen LogP contribution is -2.52. The second-order valence-electron chi connectivity index (χ2n) is 6.12. The monoisotopic (exact) mass is 299 g/mol. The van der Waals surface area contributed by atoms with Crippen molar-refractivity contribution in [3.63, 3.8) is 0 Å². The number of nitrogens with zero attached hydrogens (tertiary/aromatic N) is 2. The number of carbonyl (C=O) groups excluding carboxylic acids is 1. The van der Waals surface area contributed by atoms with Gasteiger partial charge in [0, 0.05) is 45.7 Å². The second kappa shape index (κ2) is 9.60. The molecule has 6 heteroatoms. The number of hydrogen-bond donors (Lipinski definition) is 2. The van der Waals surface area contributed by atoms with Crippen LogP contribution in [0, 0.1) is 5.92 Å². The third kappa shape index (κ3) is 7.90. The van der Waals surface area contributed by atoms with Crippen LogP contribution in [0.25, 0.3) is 0 Å². The highest BCUT2D eigenvalue weighted by Gasteiger charge is 2.20. The molecule has 0 aromatic carbocycles. The van der Waals surface area contributed by atoms with E-state index in [4.69, 9.17) is 5.11 Å². The van der Waals surface area contributed by atoms with Crippen molar-refractivity contribution >= 4 is 12.0 Å². The molecule has 1 fully saturated rings. The molecule has 1 aliphatic rings. The number of amides is 2. The van der Waals surface area contributed by atoms with Crippen LogP contribution in [0.3, 0.4) is 0 Å². The summed E-state index contributed by atoms with van der Waals surface area (Å²) in [6.07, 6.45) is 2.58. The molecular weight excluding hydrogens is 270 g/mol. The molecule has 2 N–H and O–H groups in total. The van der Waals surface area contributed by atoms with Gasteiger partial charge < -0.3 is 15.3 Å². The fourth-order valence-corrected chi connectivity index (χ4v) is 2.54. The predicted octanol–water partition coefficient (Wildman–Crippen LogP) is 1.61. The first-order valence-electron chi connectivity index (χ1n) is 7.96. The quantitative estimate of drug-likeness (QED) is 0.668. The van der Waals surface area contributed by atoms with Crippen LogP contribution in [0.5, 0.6) is 0 Å². The van der Waals surface area contributed by atoms with Crippen LogP contribution in [0.15, 0.2) is 0 Å². The number of carbonyl (C=O) groups is 2. The smallest absolute Gasteiger partial charge is 0.317 e. The Hall–Kier alpha value is -1.30. The fraction of sp³-hybridized carbons (Fsp3) is 0.867. The Labute approximate surface area is 127 Å². The highest BCUT2D eigenvalue weighted by Crippen LogP contribution is 2.05. The first-order chi connectivity index (χ1) is 9.99. The predicted molar refractivity (Wildman–Crippen MR) is 82.4 cm³/mol. The topological polar surface area (TPSA) is 72.9 Å². The fourth-order valence-electron chi connectivity index (χ4n) is 2.54. The maximum Gasteiger partial charge on any atom is 0.317 e. The molecule has 0 aromatic heterocycles. The number of unbranched alkanes of at least 4 members (excludes halogenated alkanes) is 2. The Morgan fingerprint density at radius 3 is 2.33 bits per heavy atom. The van der Waals surface area contributed by atoms with E-state index in [1.54, 1.807) is 0 Å². The highest BCUT2D eigenvalue weighted by atomic mass is 16.4. The average Bonchev–Trinajstić information content (AvgIpc) is 2.42. The number of hydrogen-bond acceptors (Lipinski definition) is 3. The van der Waals surface area contributed by atoms with Crippen LogP contribution in [-0.4, -0.2) is 66.2 Å². The van der Waals surface area contributed by atoms with Crippen molar-refractivity contribution in [1.29, 1.82) is 0 Å². The molecule has 2 amide bonds. The van der Waals surface area contributed by atoms with Crippen LogP contribution in [-0.2, 0) is 4.79 Å². The van der Waals surface area contributed by atoms with Gasteiger partial charge in [-0.2, -0.15) is 0 Å². The Bertz CT molecular complexity index is 326. The van der Waals surface area contributed by atoms with Crippen molar-refractivity contribution in [1.82, 2.24) is 15.1 Å². The zero-order valence-electron chi connectivity index (χ0n) is 13.3. The lowest BCUT2D eigenvalue weighted by Gasteiger charge is -2.35. The molecule has 0 saturated carbocycles. The molecule has 0 aliphatic carbocycles. The van der Waals surface area contributed by atoms with Crippen molar-refractivity contribution in [2.75, 3.05) is 39.3 Å². The van der Waals surface area contributed by atoms with Gasteiger partial charge in [-0.3, -0.25) is 9.69 Å². The van der Waals surface area contributed by atoms with Gasteiger partial charge >= 0.3 is 12.0 Å². The summed E-state index contributed by atoms with van der Waals surface area (Å²) in [6, 6.07) is 0.0115. The highest BCUT2D eigenvalue weighted by molar-refractivity contribution is 5.74. The lowest BCUT2D eigenvalue weighted by molar-refractivity contribution is -0.137. The van der Waals surface area contributed by atoms with Gasteiger partial charge in [0.25, 0.3) is 0 Å². The molecule has 122 valence electrons. The summed E-state index contributed by atoms with van der Waals surface area (Å²) in [5, 5.41) is 11.4. The normalized spacial score (nSPS) is 16.2. The summed E-state index contributed by atoms with van der Waals surface area (Å²) >= 11 is 0. The van der Waals surface area contributed by atoms with E-state index in [1.165, 1.54) is 0 Å². The zero-order chi connectivity index (χ0) is 15.7. The van der Waals surface area contributed by atoms with E-state index in [9.17, 15) is 9.59 Å². The molecule has 0 bridgehead atoms. The van der Waals surface area contributed by atoms with E-state index in [2.05, 4.69) is 24.1 Å². The molecular formula is C15H29N3O3. The first kappa shape index (κ1) is 17.8. The van der Waals surface area contributed by atoms with Crippen molar-refractivity contribution in [2.24, 2.45) is 5.92 Å². The van der Waals surface area contributed by atoms with E-state index in [0.717, 1.165) is 45.6 Å². The van der Waals surface area contributed by atoms with Gasteiger partial charge in [-0.25, -0.2) is 4.79 Å². The Balaban J connectivity index is 2.07. The Kier molecular flexibility index (Phi) is 8.12. The summed E-state index contributed by atoms with van der Waals surface area (Å²) in [5.41, 5.74) is 0. The van der Waals surface area contributed by atoms with Crippen LogP contribution in [0.4, 0.5) is 4.79 Å². The summed E-state index contributed by atoms with van der Waals surface area (Å²) < 4.78 is 0.